The van der Waals surface area contributed by atoms with E-state index in [1.807, 2.05) is 31.2 Å². The number of likely N-dealkylation sites (tertiary alicyclic amines) is 1. The van der Waals surface area contributed by atoms with Crippen LogP contribution in [0.4, 0.5) is 17.5 Å². The molecule has 38 heavy (non-hydrogen) atoms. The van der Waals surface area contributed by atoms with Gasteiger partial charge in [-0.05, 0) is 61.7 Å². The first-order valence-electron chi connectivity index (χ1n) is 13.0. The first kappa shape index (κ1) is 26.6. The number of aliphatic hydroxyl groups excluding tert-OH is 1. The smallest absolute Gasteiger partial charge is 0.227 e. The van der Waals surface area contributed by atoms with Gasteiger partial charge in [0.05, 0.1) is 31.7 Å². The number of aromatic nitrogens is 3. The van der Waals surface area contributed by atoms with E-state index in [9.17, 15) is 5.11 Å². The highest BCUT2D eigenvalue weighted by atomic mass is 35.5. The fourth-order valence-electron chi connectivity index (χ4n) is 5.26. The van der Waals surface area contributed by atoms with Gasteiger partial charge in [-0.25, -0.2) is 15.0 Å². The number of anilines is 3. The van der Waals surface area contributed by atoms with Crippen molar-refractivity contribution in [1.82, 2.24) is 19.9 Å². The third kappa shape index (κ3) is 5.42. The van der Waals surface area contributed by atoms with Gasteiger partial charge in [-0.3, -0.25) is 0 Å². The fraction of sp³-hybridized carbons (Fsp3) is 0.464. The standard InChI is InChI=1S/C28H35ClN6O3/c1-28(17-36)16-32-26-21(28)12-19(15-31-26)23-4-7-30-27(33-23)34-24-14-22(29)20(13-25(24)38-3)18-5-8-35(9-6-18)10-11-37-2/h4,7,12-15,18,36H,5-6,8-11,16-17H2,1-3H3,(H,31,32)(H,30,33,34). The van der Waals surface area contributed by atoms with Gasteiger partial charge in [0.2, 0.25) is 5.95 Å². The quantitative estimate of drug-likeness (QED) is 0.364. The molecule has 0 radical (unpaired) electrons. The van der Waals surface area contributed by atoms with E-state index >= 15 is 0 Å². The highest BCUT2D eigenvalue weighted by molar-refractivity contribution is 6.31. The molecule has 2 aliphatic heterocycles. The molecule has 5 rings (SSSR count). The fourth-order valence-corrected chi connectivity index (χ4v) is 5.58. The monoisotopic (exact) mass is 538 g/mol. The minimum Gasteiger partial charge on any atom is -0.495 e. The van der Waals surface area contributed by atoms with Crippen LogP contribution in [0.25, 0.3) is 11.3 Å². The van der Waals surface area contributed by atoms with Crippen LogP contribution in [0, 0.1) is 0 Å². The second-order valence-corrected chi connectivity index (χ2v) is 10.7. The van der Waals surface area contributed by atoms with Crippen LogP contribution in [-0.4, -0.2) is 78.6 Å². The van der Waals surface area contributed by atoms with E-state index in [2.05, 4.69) is 25.5 Å². The molecule has 1 atom stereocenters. The van der Waals surface area contributed by atoms with Gasteiger partial charge in [-0.15, -0.1) is 0 Å². The zero-order chi connectivity index (χ0) is 26.7. The number of hydrogen-bond acceptors (Lipinski definition) is 9. The number of hydrogen-bond donors (Lipinski definition) is 3. The second kappa shape index (κ2) is 11.4. The van der Waals surface area contributed by atoms with E-state index in [0.717, 1.165) is 67.3 Å². The van der Waals surface area contributed by atoms with Crippen molar-refractivity contribution in [1.29, 1.82) is 0 Å². The highest BCUT2D eigenvalue weighted by Crippen LogP contribution is 2.40. The Bertz CT molecular complexity index is 1280. The Kier molecular flexibility index (Phi) is 7.99. The van der Waals surface area contributed by atoms with Gasteiger partial charge in [0, 0.05) is 54.2 Å². The number of rotatable bonds is 9. The van der Waals surface area contributed by atoms with Crippen LogP contribution in [0.3, 0.4) is 0 Å². The summed E-state index contributed by atoms with van der Waals surface area (Å²) in [5.41, 5.74) is 4.01. The molecule has 10 heteroatoms. The lowest BCUT2D eigenvalue weighted by Gasteiger charge is -2.32. The molecule has 3 N–H and O–H groups in total. The van der Waals surface area contributed by atoms with Crippen molar-refractivity contribution < 1.29 is 14.6 Å². The van der Waals surface area contributed by atoms with E-state index < -0.39 is 0 Å². The van der Waals surface area contributed by atoms with Gasteiger partial charge >= 0.3 is 0 Å². The summed E-state index contributed by atoms with van der Waals surface area (Å²) in [6, 6.07) is 7.83. The first-order chi connectivity index (χ1) is 18.4. The Balaban J connectivity index is 1.35. The summed E-state index contributed by atoms with van der Waals surface area (Å²) in [7, 11) is 3.40. The lowest BCUT2D eigenvalue weighted by atomic mass is 9.85. The molecule has 1 fully saturated rings. The van der Waals surface area contributed by atoms with E-state index in [-0.39, 0.29) is 12.0 Å². The highest BCUT2D eigenvalue weighted by Gasteiger charge is 2.35. The van der Waals surface area contributed by atoms with Crippen molar-refractivity contribution in [3.05, 3.63) is 52.8 Å². The van der Waals surface area contributed by atoms with Crippen molar-refractivity contribution in [3.63, 3.8) is 0 Å². The maximum Gasteiger partial charge on any atom is 0.227 e. The average Bonchev–Trinajstić information content (AvgIpc) is 3.29. The van der Waals surface area contributed by atoms with Gasteiger partial charge in [-0.2, -0.15) is 0 Å². The molecule has 0 amide bonds. The zero-order valence-electron chi connectivity index (χ0n) is 22.1. The zero-order valence-corrected chi connectivity index (χ0v) is 22.9. The molecule has 0 spiro atoms. The molecule has 4 heterocycles. The molecule has 2 aromatic heterocycles. The number of nitrogens with zero attached hydrogens (tertiary/aromatic N) is 4. The van der Waals surface area contributed by atoms with Crippen LogP contribution in [0.2, 0.25) is 5.02 Å². The van der Waals surface area contributed by atoms with E-state index in [1.54, 1.807) is 26.6 Å². The third-order valence-electron chi connectivity index (χ3n) is 7.69. The summed E-state index contributed by atoms with van der Waals surface area (Å²) in [5.74, 6) is 2.32. The molecule has 0 aliphatic carbocycles. The Morgan fingerprint density at radius 3 is 2.76 bits per heavy atom. The molecule has 0 saturated carbocycles. The summed E-state index contributed by atoms with van der Waals surface area (Å²) in [4.78, 5) is 16.1. The number of ether oxygens (including phenoxy) is 2. The van der Waals surface area contributed by atoms with E-state index in [1.165, 1.54) is 0 Å². The van der Waals surface area contributed by atoms with Gasteiger partial charge < -0.3 is 30.1 Å². The molecule has 202 valence electrons. The number of pyridine rings is 1. The van der Waals surface area contributed by atoms with Crippen molar-refractivity contribution in [3.8, 4) is 17.0 Å². The van der Waals surface area contributed by atoms with E-state index in [0.29, 0.717) is 34.9 Å². The largest absolute Gasteiger partial charge is 0.495 e. The maximum absolute atomic E-state index is 9.93. The van der Waals surface area contributed by atoms with Crippen molar-refractivity contribution >= 4 is 29.1 Å². The number of aliphatic hydroxyl groups is 1. The van der Waals surface area contributed by atoms with Gasteiger partial charge in [0.15, 0.2) is 0 Å². The Hall–Kier alpha value is -2.98. The predicted octanol–water partition coefficient (Wildman–Crippen LogP) is 4.45. The van der Waals surface area contributed by atoms with Crippen LogP contribution in [0.15, 0.2) is 36.7 Å². The summed E-state index contributed by atoms with van der Waals surface area (Å²) in [6.45, 7) is 6.48. The molecule has 1 aromatic carbocycles. The summed E-state index contributed by atoms with van der Waals surface area (Å²) < 4.78 is 11.0. The molecular weight excluding hydrogens is 504 g/mol. The SMILES string of the molecule is COCCN1CCC(c2cc(OC)c(Nc3nccc(-c4cnc5c(c4)C(C)(CO)CN5)n3)cc2Cl)CC1. The van der Waals surface area contributed by atoms with Gasteiger partial charge in [0.25, 0.3) is 0 Å². The number of methoxy groups -OCH3 is 2. The summed E-state index contributed by atoms with van der Waals surface area (Å²) >= 11 is 6.80. The van der Waals surface area contributed by atoms with Crippen LogP contribution in [0.5, 0.6) is 5.75 Å². The van der Waals surface area contributed by atoms with Crippen molar-refractivity contribution in [2.45, 2.75) is 31.1 Å². The first-order valence-corrected chi connectivity index (χ1v) is 13.4. The second-order valence-electron chi connectivity index (χ2n) is 10.3. The third-order valence-corrected chi connectivity index (χ3v) is 8.02. The van der Waals surface area contributed by atoms with Gasteiger partial charge in [0.1, 0.15) is 11.6 Å². The summed E-state index contributed by atoms with van der Waals surface area (Å²) in [5, 5.41) is 17.2. The van der Waals surface area contributed by atoms with Crippen LogP contribution in [-0.2, 0) is 10.2 Å². The van der Waals surface area contributed by atoms with Crippen LogP contribution in [0.1, 0.15) is 36.8 Å². The Labute approximate surface area is 228 Å². The lowest BCUT2D eigenvalue weighted by molar-refractivity contribution is 0.130. The van der Waals surface area contributed by atoms with Crippen molar-refractivity contribution in [2.24, 2.45) is 0 Å². The number of halogens is 1. The predicted molar refractivity (Wildman–Crippen MR) is 150 cm³/mol. The number of piperidine rings is 1. The minimum atomic E-state index is -0.376. The average molecular weight is 539 g/mol. The molecule has 2 aliphatic rings. The molecule has 0 bridgehead atoms. The maximum atomic E-state index is 9.93. The Morgan fingerprint density at radius 1 is 1.21 bits per heavy atom. The molecule has 9 nitrogen and oxygen atoms in total. The number of benzene rings is 1. The van der Waals surface area contributed by atoms with Crippen LogP contribution >= 0.6 is 11.6 Å². The lowest BCUT2D eigenvalue weighted by Crippen LogP contribution is -2.35. The molecule has 1 unspecified atom stereocenters. The molecule has 1 saturated heterocycles. The van der Waals surface area contributed by atoms with E-state index in [4.69, 9.17) is 26.1 Å². The number of fused-ring (bicyclic) bond motifs is 1. The minimum absolute atomic E-state index is 0.0399. The van der Waals surface area contributed by atoms with Crippen LogP contribution < -0.4 is 15.4 Å². The Morgan fingerprint density at radius 2 is 2.03 bits per heavy atom. The molecule has 3 aromatic rings. The molecular formula is C28H35ClN6O3. The summed E-state index contributed by atoms with van der Waals surface area (Å²) in [6.07, 6.45) is 5.59. The topological polar surface area (TPSA) is 105 Å². The normalized spacial score (nSPS) is 19.7. The van der Waals surface area contributed by atoms with Crippen molar-refractivity contribution in [2.75, 3.05) is 64.2 Å². The van der Waals surface area contributed by atoms with Gasteiger partial charge in [-0.1, -0.05) is 18.5 Å². The number of nitrogens with one attached hydrogen (secondary N) is 2.